The van der Waals surface area contributed by atoms with Gasteiger partial charge >= 0.3 is 11.9 Å². The summed E-state index contributed by atoms with van der Waals surface area (Å²) in [5, 5.41) is 3.23. The van der Waals surface area contributed by atoms with Crippen LogP contribution in [0.4, 0.5) is 0 Å². The van der Waals surface area contributed by atoms with Crippen LogP contribution in [0.15, 0.2) is 0 Å². The Kier molecular flexibility index (Phi) is 4.47. The minimum atomic E-state index is -0.607. The lowest BCUT2D eigenvalue weighted by atomic mass is 9.94. The molecule has 0 aromatic heterocycles. The topological polar surface area (TPSA) is 55.4 Å². The summed E-state index contributed by atoms with van der Waals surface area (Å²) in [7, 11) is 0. The zero-order valence-electron chi connectivity index (χ0n) is 10.3. The quantitative estimate of drug-likeness (QED) is 0.573. The van der Waals surface area contributed by atoms with Gasteiger partial charge in [-0.25, -0.2) is 0 Å². The van der Waals surface area contributed by atoms with Gasteiger partial charge in [-0.15, -0.1) is 0 Å². The van der Waals surface area contributed by atoms with Gasteiger partial charge in [0.1, 0.15) is 0 Å². The average Bonchev–Trinajstić information content (AvgIpc) is 2.17. The van der Waals surface area contributed by atoms with E-state index in [2.05, 4.69) is 5.32 Å². The first-order chi connectivity index (χ1) is 7.39. The zero-order chi connectivity index (χ0) is 12.2. The van der Waals surface area contributed by atoms with Crippen molar-refractivity contribution in [3.63, 3.8) is 0 Å². The second kappa shape index (κ2) is 5.43. The summed E-state index contributed by atoms with van der Waals surface area (Å²) in [6.45, 7) is 7.13. The van der Waals surface area contributed by atoms with Gasteiger partial charge in [-0.2, -0.15) is 0 Å². The Labute approximate surface area is 96.7 Å². The van der Waals surface area contributed by atoms with E-state index >= 15 is 0 Å². The van der Waals surface area contributed by atoms with Crippen molar-refractivity contribution in [2.45, 2.75) is 40.0 Å². The fourth-order valence-electron chi connectivity index (χ4n) is 1.62. The first-order valence-corrected chi connectivity index (χ1v) is 5.85. The Balaban J connectivity index is 2.32. The Morgan fingerprint density at radius 3 is 2.31 bits per heavy atom. The van der Waals surface area contributed by atoms with Gasteiger partial charge in [0.05, 0.1) is 5.41 Å². The van der Waals surface area contributed by atoms with E-state index in [1.165, 1.54) is 0 Å². The van der Waals surface area contributed by atoms with Crippen LogP contribution in [0.25, 0.3) is 0 Å². The molecular formula is C12H21NO3. The van der Waals surface area contributed by atoms with E-state index in [4.69, 9.17) is 4.74 Å². The maximum Gasteiger partial charge on any atom is 0.318 e. The molecule has 0 saturated carbocycles. The lowest BCUT2D eigenvalue weighted by Gasteiger charge is -2.22. The number of carbonyl (C=O) groups is 2. The van der Waals surface area contributed by atoms with E-state index in [0.29, 0.717) is 12.3 Å². The molecule has 1 aliphatic rings. The zero-order valence-corrected chi connectivity index (χ0v) is 10.3. The molecule has 1 fully saturated rings. The minimum Gasteiger partial charge on any atom is -0.393 e. The van der Waals surface area contributed by atoms with Crippen molar-refractivity contribution in [2.75, 3.05) is 13.1 Å². The summed E-state index contributed by atoms with van der Waals surface area (Å²) < 4.78 is 4.82. The van der Waals surface area contributed by atoms with Gasteiger partial charge in [-0.1, -0.05) is 0 Å². The fourth-order valence-corrected chi connectivity index (χ4v) is 1.62. The van der Waals surface area contributed by atoms with Crippen LogP contribution in [-0.4, -0.2) is 25.0 Å². The van der Waals surface area contributed by atoms with E-state index in [-0.39, 0.29) is 5.97 Å². The molecule has 0 amide bonds. The van der Waals surface area contributed by atoms with Gasteiger partial charge in [0.15, 0.2) is 0 Å². The highest BCUT2D eigenvalue weighted by molar-refractivity contribution is 5.88. The molecule has 92 valence electrons. The molecule has 0 atom stereocenters. The average molecular weight is 227 g/mol. The molecule has 4 nitrogen and oxygen atoms in total. The SMILES string of the molecule is CC(C)(C)C(=O)OC(=O)CC1CCNCC1. The van der Waals surface area contributed by atoms with E-state index in [1.54, 1.807) is 20.8 Å². The smallest absolute Gasteiger partial charge is 0.318 e. The van der Waals surface area contributed by atoms with Gasteiger partial charge in [0, 0.05) is 6.42 Å². The highest BCUT2D eigenvalue weighted by atomic mass is 16.6. The van der Waals surface area contributed by atoms with Crippen molar-refractivity contribution in [3.05, 3.63) is 0 Å². The largest absolute Gasteiger partial charge is 0.393 e. The van der Waals surface area contributed by atoms with Crippen molar-refractivity contribution in [2.24, 2.45) is 11.3 Å². The van der Waals surface area contributed by atoms with E-state index < -0.39 is 11.4 Å². The van der Waals surface area contributed by atoms with Crippen LogP contribution in [0.1, 0.15) is 40.0 Å². The minimum absolute atomic E-state index is 0.363. The third kappa shape index (κ3) is 4.31. The maximum atomic E-state index is 11.5. The van der Waals surface area contributed by atoms with Crippen LogP contribution in [-0.2, 0) is 14.3 Å². The van der Waals surface area contributed by atoms with Crippen LogP contribution in [0.5, 0.6) is 0 Å². The summed E-state index contributed by atoms with van der Waals surface area (Å²) in [6, 6.07) is 0. The molecule has 1 rings (SSSR count). The third-order valence-electron chi connectivity index (χ3n) is 2.73. The van der Waals surface area contributed by atoms with Crippen LogP contribution in [0, 0.1) is 11.3 Å². The Morgan fingerprint density at radius 2 is 1.81 bits per heavy atom. The van der Waals surface area contributed by atoms with Crippen LogP contribution >= 0.6 is 0 Å². The van der Waals surface area contributed by atoms with Gasteiger partial charge in [-0.05, 0) is 52.6 Å². The molecule has 16 heavy (non-hydrogen) atoms. The molecule has 0 aromatic rings. The molecule has 1 saturated heterocycles. The summed E-state index contributed by atoms with van der Waals surface area (Å²) in [6.07, 6.45) is 2.33. The van der Waals surface area contributed by atoms with Crippen LogP contribution < -0.4 is 5.32 Å². The molecule has 0 bridgehead atoms. The first kappa shape index (κ1) is 13.2. The highest BCUT2D eigenvalue weighted by Gasteiger charge is 2.27. The summed E-state index contributed by atoms with van der Waals surface area (Å²) in [5.74, 6) is -0.459. The van der Waals surface area contributed by atoms with E-state index in [9.17, 15) is 9.59 Å². The van der Waals surface area contributed by atoms with Gasteiger partial charge in [0.2, 0.25) is 0 Å². The Morgan fingerprint density at radius 1 is 1.25 bits per heavy atom. The highest BCUT2D eigenvalue weighted by Crippen LogP contribution is 2.19. The molecule has 0 unspecified atom stereocenters. The van der Waals surface area contributed by atoms with Crippen molar-refractivity contribution in [1.29, 1.82) is 0 Å². The second-order valence-corrected chi connectivity index (χ2v) is 5.41. The molecule has 0 aromatic carbocycles. The molecule has 1 N–H and O–H groups in total. The number of hydrogen-bond donors (Lipinski definition) is 1. The molecule has 4 heteroatoms. The molecule has 1 heterocycles. The molecule has 0 radical (unpaired) electrons. The van der Waals surface area contributed by atoms with E-state index in [0.717, 1.165) is 25.9 Å². The number of ether oxygens (including phenoxy) is 1. The lowest BCUT2D eigenvalue weighted by Crippen LogP contribution is -2.31. The van der Waals surface area contributed by atoms with Crippen LogP contribution in [0.2, 0.25) is 0 Å². The Hall–Kier alpha value is -0.900. The number of rotatable bonds is 2. The van der Waals surface area contributed by atoms with Crippen molar-refractivity contribution in [3.8, 4) is 0 Å². The molecule has 1 aliphatic heterocycles. The van der Waals surface area contributed by atoms with Crippen molar-refractivity contribution < 1.29 is 14.3 Å². The lowest BCUT2D eigenvalue weighted by molar-refractivity contribution is -0.166. The predicted octanol–water partition coefficient (Wildman–Crippen LogP) is 1.49. The summed E-state index contributed by atoms with van der Waals surface area (Å²) >= 11 is 0. The van der Waals surface area contributed by atoms with Gasteiger partial charge in [0.25, 0.3) is 0 Å². The molecule has 0 spiro atoms. The van der Waals surface area contributed by atoms with Crippen LogP contribution in [0.3, 0.4) is 0 Å². The second-order valence-electron chi connectivity index (χ2n) is 5.41. The summed E-state index contributed by atoms with van der Waals surface area (Å²) in [5.41, 5.74) is -0.607. The summed E-state index contributed by atoms with van der Waals surface area (Å²) in [4.78, 5) is 23.0. The molecule has 0 aliphatic carbocycles. The number of piperidine rings is 1. The number of esters is 2. The number of carbonyl (C=O) groups excluding carboxylic acids is 2. The first-order valence-electron chi connectivity index (χ1n) is 5.85. The van der Waals surface area contributed by atoms with Crippen molar-refractivity contribution >= 4 is 11.9 Å². The van der Waals surface area contributed by atoms with Gasteiger partial charge in [-0.3, -0.25) is 9.59 Å². The number of hydrogen-bond acceptors (Lipinski definition) is 4. The van der Waals surface area contributed by atoms with E-state index in [1.807, 2.05) is 0 Å². The molecular weight excluding hydrogens is 206 g/mol. The predicted molar refractivity (Wildman–Crippen MR) is 60.8 cm³/mol. The monoisotopic (exact) mass is 227 g/mol. The third-order valence-corrected chi connectivity index (χ3v) is 2.73. The maximum absolute atomic E-state index is 11.5. The normalized spacial score (nSPS) is 18.2. The van der Waals surface area contributed by atoms with Gasteiger partial charge < -0.3 is 10.1 Å². The fraction of sp³-hybridized carbons (Fsp3) is 0.833. The van der Waals surface area contributed by atoms with Crippen molar-refractivity contribution in [1.82, 2.24) is 5.32 Å². The standard InChI is InChI=1S/C12H21NO3/c1-12(2,3)11(15)16-10(14)8-9-4-6-13-7-5-9/h9,13H,4-8H2,1-3H3. The Bertz CT molecular complexity index is 262. The number of nitrogens with one attached hydrogen (secondary N) is 1.